The molecule has 2 aromatic carbocycles. The molecule has 200 valence electrons. The van der Waals surface area contributed by atoms with Crippen LogP contribution in [0.4, 0.5) is 16.2 Å². The van der Waals surface area contributed by atoms with Crippen LogP contribution in [0.25, 0.3) is 0 Å². The molecule has 0 unspecified atom stereocenters. The molecule has 0 bridgehead atoms. The van der Waals surface area contributed by atoms with E-state index in [-0.39, 0.29) is 37.0 Å². The van der Waals surface area contributed by atoms with Crippen molar-refractivity contribution >= 4 is 40.8 Å². The third kappa shape index (κ3) is 8.10. The Bertz CT molecular complexity index is 1080. The maximum absolute atomic E-state index is 13.0. The van der Waals surface area contributed by atoms with Crippen LogP contribution < -0.4 is 15.5 Å². The summed E-state index contributed by atoms with van der Waals surface area (Å²) in [5.74, 6) is -0.600. The van der Waals surface area contributed by atoms with Crippen LogP contribution in [0, 0.1) is 6.92 Å². The minimum Gasteiger partial charge on any atom is -0.383 e. The highest BCUT2D eigenvalue weighted by atomic mass is 35.5. The van der Waals surface area contributed by atoms with Crippen molar-refractivity contribution in [3.63, 3.8) is 0 Å². The number of ether oxygens (including phenoxy) is 1. The number of piperazine rings is 1. The molecule has 9 nitrogen and oxygen atoms in total. The van der Waals surface area contributed by atoms with E-state index < -0.39 is 0 Å². The first-order valence-electron chi connectivity index (χ1n) is 12.4. The maximum atomic E-state index is 13.0. The molecule has 0 radical (unpaired) electrons. The molecule has 4 amide bonds. The highest BCUT2D eigenvalue weighted by Crippen LogP contribution is 2.28. The fraction of sp³-hybridized carbons (Fsp3) is 0.444. The number of hydrogen-bond acceptors (Lipinski definition) is 5. The predicted molar refractivity (Wildman–Crippen MR) is 146 cm³/mol. The van der Waals surface area contributed by atoms with Gasteiger partial charge in [-0.25, -0.2) is 4.79 Å². The third-order valence-electron chi connectivity index (χ3n) is 6.05. The highest BCUT2D eigenvalue weighted by Gasteiger charge is 2.23. The normalized spacial score (nSPS) is 13.5. The van der Waals surface area contributed by atoms with Crippen molar-refractivity contribution in [3.05, 3.63) is 58.6 Å². The maximum Gasteiger partial charge on any atom is 0.317 e. The van der Waals surface area contributed by atoms with Crippen molar-refractivity contribution in [2.45, 2.75) is 26.8 Å². The van der Waals surface area contributed by atoms with Gasteiger partial charge in [-0.05, 0) is 51.1 Å². The standard InChI is InChI=1S/C27H36ClN5O4/c1-19(2)29-27(36)32-13-11-31(12-14-32)22-9-10-23(28)24(17-22)30-25(34)18-33(15-16-37-4)26(35)21-7-5-20(3)6-8-21/h5-10,17,19H,11-16,18H2,1-4H3,(H,29,36)(H,30,34). The average Bonchev–Trinajstić information content (AvgIpc) is 2.87. The second kappa shape index (κ2) is 13.3. The summed E-state index contributed by atoms with van der Waals surface area (Å²) in [7, 11) is 1.55. The van der Waals surface area contributed by atoms with Crippen LogP contribution in [0.15, 0.2) is 42.5 Å². The Morgan fingerprint density at radius 1 is 1.05 bits per heavy atom. The van der Waals surface area contributed by atoms with Crippen LogP contribution in [0.5, 0.6) is 0 Å². The lowest BCUT2D eigenvalue weighted by Crippen LogP contribution is -2.52. The third-order valence-corrected chi connectivity index (χ3v) is 6.38. The zero-order valence-electron chi connectivity index (χ0n) is 21.9. The van der Waals surface area contributed by atoms with Gasteiger partial charge in [0.15, 0.2) is 0 Å². The zero-order valence-corrected chi connectivity index (χ0v) is 22.7. The van der Waals surface area contributed by atoms with Crippen molar-refractivity contribution in [3.8, 4) is 0 Å². The van der Waals surface area contributed by atoms with Gasteiger partial charge in [-0.15, -0.1) is 0 Å². The van der Waals surface area contributed by atoms with Gasteiger partial charge in [0.2, 0.25) is 5.91 Å². The van der Waals surface area contributed by atoms with E-state index in [1.807, 2.05) is 45.0 Å². The van der Waals surface area contributed by atoms with E-state index in [1.54, 1.807) is 30.2 Å². The molecule has 2 aromatic rings. The molecule has 1 heterocycles. The molecule has 1 fully saturated rings. The topological polar surface area (TPSA) is 94.2 Å². The summed E-state index contributed by atoms with van der Waals surface area (Å²) < 4.78 is 5.14. The predicted octanol–water partition coefficient (Wildman–Crippen LogP) is 3.62. The minimum absolute atomic E-state index is 0.0584. The molecule has 0 saturated carbocycles. The van der Waals surface area contributed by atoms with Gasteiger partial charge in [-0.1, -0.05) is 29.3 Å². The number of rotatable bonds is 9. The van der Waals surface area contributed by atoms with Gasteiger partial charge in [-0.3, -0.25) is 9.59 Å². The molecule has 3 rings (SSSR count). The molecule has 0 aliphatic carbocycles. The number of carbonyl (C=O) groups is 3. The Kier molecular flexibility index (Phi) is 10.2. The van der Waals surface area contributed by atoms with E-state index in [0.717, 1.165) is 11.3 Å². The second-order valence-corrected chi connectivity index (χ2v) is 9.78. The fourth-order valence-corrected chi connectivity index (χ4v) is 4.17. The first-order chi connectivity index (χ1) is 17.7. The summed E-state index contributed by atoms with van der Waals surface area (Å²) in [6.45, 7) is 8.79. The summed E-state index contributed by atoms with van der Waals surface area (Å²) in [6, 6.07) is 12.7. The number of amides is 4. The number of nitrogens with one attached hydrogen (secondary N) is 2. The van der Waals surface area contributed by atoms with Gasteiger partial charge in [0.05, 0.1) is 17.3 Å². The van der Waals surface area contributed by atoms with Crippen molar-refractivity contribution in [2.75, 3.05) is 63.2 Å². The molecule has 0 aromatic heterocycles. The molecular weight excluding hydrogens is 494 g/mol. The lowest BCUT2D eigenvalue weighted by atomic mass is 10.1. The van der Waals surface area contributed by atoms with Crippen molar-refractivity contribution in [1.29, 1.82) is 0 Å². The van der Waals surface area contributed by atoms with Gasteiger partial charge >= 0.3 is 6.03 Å². The van der Waals surface area contributed by atoms with Gasteiger partial charge in [-0.2, -0.15) is 0 Å². The number of methoxy groups -OCH3 is 1. The molecular formula is C27H36ClN5O4. The number of halogens is 1. The molecule has 1 aliphatic heterocycles. The largest absolute Gasteiger partial charge is 0.383 e. The Morgan fingerprint density at radius 2 is 1.73 bits per heavy atom. The first kappa shape index (κ1) is 28.3. The summed E-state index contributed by atoms with van der Waals surface area (Å²) in [6.07, 6.45) is 0. The van der Waals surface area contributed by atoms with Gasteiger partial charge in [0, 0.05) is 57.1 Å². The second-order valence-electron chi connectivity index (χ2n) is 9.38. The summed E-state index contributed by atoms with van der Waals surface area (Å²) in [5.41, 5.74) is 2.93. The van der Waals surface area contributed by atoms with Crippen molar-refractivity contribution in [1.82, 2.24) is 15.1 Å². The lowest BCUT2D eigenvalue weighted by Gasteiger charge is -2.36. The van der Waals surface area contributed by atoms with E-state index >= 15 is 0 Å². The van der Waals surface area contributed by atoms with Crippen LogP contribution >= 0.6 is 11.6 Å². The van der Waals surface area contributed by atoms with Gasteiger partial charge in [0.25, 0.3) is 5.91 Å². The average molecular weight is 530 g/mol. The fourth-order valence-electron chi connectivity index (χ4n) is 4.01. The monoisotopic (exact) mass is 529 g/mol. The molecule has 37 heavy (non-hydrogen) atoms. The SMILES string of the molecule is COCCN(CC(=O)Nc1cc(N2CCN(C(=O)NC(C)C)CC2)ccc1Cl)C(=O)c1ccc(C)cc1. The van der Waals surface area contributed by atoms with Crippen LogP contribution in [-0.2, 0) is 9.53 Å². The van der Waals surface area contributed by atoms with E-state index in [1.165, 1.54) is 4.90 Å². The summed E-state index contributed by atoms with van der Waals surface area (Å²) in [4.78, 5) is 43.7. The smallest absolute Gasteiger partial charge is 0.317 e. The van der Waals surface area contributed by atoms with E-state index in [4.69, 9.17) is 16.3 Å². The Hall–Kier alpha value is -3.30. The van der Waals surface area contributed by atoms with Gasteiger partial charge < -0.3 is 30.1 Å². The number of anilines is 2. The van der Waals surface area contributed by atoms with Crippen LogP contribution in [0.1, 0.15) is 29.8 Å². The van der Waals surface area contributed by atoms with Crippen LogP contribution in [0.3, 0.4) is 0 Å². The van der Waals surface area contributed by atoms with Crippen molar-refractivity contribution in [2.24, 2.45) is 0 Å². The quantitative estimate of drug-likeness (QED) is 0.517. The molecule has 0 atom stereocenters. The number of urea groups is 1. The van der Waals surface area contributed by atoms with Crippen LogP contribution in [0.2, 0.25) is 5.02 Å². The van der Waals surface area contributed by atoms with Crippen molar-refractivity contribution < 1.29 is 19.1 Å². The first-order valence-corrected chi connectivity index (χ1v) is 12.8. The Balaban J connectivity index is 1.64. The molecule has 2 N–H and O–H groups in total. The number of carbonyl (C=O) groups excluding carboxylic acids is 3. The summed E-state index contributed by atoms with van der Waals surface area (Å²) in [5, 5.41) is 6.18. The number of nitrogens with zero attached hydrogens (tertiary/aromatic N) is 3. The van der Waals surface area contributed by atoms with Crippen LogP contribution in [-0.4, -0.2) is 86.7 Å². The minimum atomic E-state index is -0.356. The molecule has 1 saturated heterocycles. The lowest BCUT2D eigenvalue weighted by molar-refractivity contribution is -0.117. The molecule has 1 aliphatic rings. The Labute approximate surface area is 223 Å². The molecule has 0 spiro atoms. The highest BCUT2D eigenvalue weighted by molar-refractivity contribution is 6.33. The number of hydrogen-bond donors (Lipinski definition) is 2. The van der Waals surface area contributed by atoms with Gasteiger partial charge in [0.1, 0.15) is 6.54 Å². The molecule has 10 heteroatoms. The van der Waals surface area contributed by atoms with E-state index in [2.05, 4.69) is 15.5 Å². The number of benzene rings is 2. The summed E-state index contributed by atoms with van der Waals surface area (Å²) >= 11 is 6.39. The number of aryl methyl sites for hydroxylation is 1. The van der Waals surface area contributed by atoms with E-state index in [9.17, 15) is 14.4 Å². The van der Waals surface area contributed by atoms with E-state index in [0.29, 0.717) is 49.1 Å². The zero-order chi connectivity index (χ0) is 26.9. The Morgan fingerprint density at radius 3 is 2.35 bits per heavy atom.